The van der Waals surface area contributed by atoms with Crippen molar-refractivity contribution in [3.8, 4) is 0 Å². The summed E-state index contributed by atoms with van der Waals surface area (Å²) in [6.45, 7) is 1.65. The smallest absolute Gasteiger partial charge is 0.384 e. The molecule has 1 unspecified atom stereocenters. The molecule has 4 N–H and O–H groups in total. The highest BCUT2D eigenvalue weighted by atomic mass is 35.5. The monoisotopic (exact) mass is 470 g/mol. The number of nitrogen functional groups attached to an aromatic ring is 1. The zero-order valence-corrected chi connectivity index (χ0v) is 17.3. The number of hydrogen-bond acceptors (Lipinski definition) is 7. The quantitative estimate of drug-likeness (QED) is 0.519. The second-order valence-electron chi connectivity index (χ2n) is 6.23. The van der Waals surface area contributed by atoms with E-state index in [1.807, 2.05) is 0 Å². The molecule has 162 valence electrons. The van der Waals surface area contributed by atoms with E-state index < -0.39 is 34.6 Å². The molecule has 0 aliphatic carbocycles. The first-order chi connectivity index (χ1) is 14.5. The van der Waals surface area contributed by atoms with Crippen molar-refractivity contribution in [2.45, 2.75) is 19.1 Å². The van der Waals surface area contributed by atoms with Gasteiger partial charge in [0.2, 0.25) is 0 Å². The van der Waals surface area contributed by atoms with E-state index in [1.165, 1.54) is 18.3 Å². The Bertz CT molecular complexity index is 1140. The number of carbonyl (C=O) groups excluding carboxylic acids is 2. The number of nitrogens with one attached hydrogen (secondary N) is 2. The SMILES string of the molecule is CC(NC(=O)c1cc(N)ncn1)c1ncc(C(=O)Nc2ccc(Cl)c(C(F)(F)F)c2)s1. The molecule has 2 amide bonds. The first kappa shape index (κ1) is 22.4. The lowest BCUT2D eigenvalue weighted by Crippen LogP contribution is -2.27. The molecular formula is C18H14ClF3N6O2S. The molecule has 0 fully saturated rings. The van der Waals surface area contributed by atoms with E-state index in [2.05, 4.69) is 25.6 Å². The number of halogens is 4. The van der Waals surface area contributed by atoms with Gasteiger partial charge in [0, 0.05) is 11.8 Å². The van der Waals surface area contributed by atoms with E-state index in [1.54, 1.807) is 6.92 Å². The van der Waals surface area contributed by atoms with Crippen molar-refractivity contribution in [2.75, 3.05) is 11.1 Å². The molecule has 3 aromatic rings. The Morgan fingerprint density at radius 3 is 2.58 bits per heavy atom. The van der Waals surface area contributed by atoms with Gasteiger partial charge in [-0.25, -0.2) is 15.0 Å². The van der Waals surface area contributed by atoms with Crippen molar-refractivity contribution in [2.24, 2.45) is 0 Å². The van der Waals surface area contributed by atoms with E-state index in [-0.39, 0.29) is 22.1 Å². The maximum absolute atomic E-state index is 13.0. The maximum atomic E-state index is 13.0. The van der Waals surface area contributed by atoms with Crippen LogP contribution >= 0.6 is 22.9 Å². The summed E-state index contributed by atoms with van der Waals surface area (Å²) in [5.74, 6) is -1.03. The van der Waals surface area contributed by atoms with Crippen LogP contribution in [-0.2, 0) is 6.18 Å². The summed E-state index contributed by atoms with van der Waals surface area (Å²) < 4.78 is 38.9. The molecular weight excluding hydrogens is 457 g/mol. The van der Waals surface area contributed by atoms with Gasteiger partial charge in [0.15, 0.2) is 0 Å². The van der Waals surface area contributed by atoms with Gasteiger partial charge in [-0.2, -0.15) is 13.2 Å². The third-order valence-corrected chi connectivity index (χ3v) is 5.42. The van der Waals surface area contributed by atoms with Crippen LogP contribution in [0.2, 0.25) is 5.02 Å². The largest absolute Gasteiger partial charge is 0.417 e. The maximum Gasteiger partial charge on any atom is 0.417 e. The van der Waals surface area contributed by atoms with Gasteiger partial charge in [-0.05, 0) is 25.1 Å². The minimum Gasteiger partial charge on any atom is -0.384 e. The number of alkyl halides is 3. The average molecular weight is 471 g/mol. The average Bonchev–Trinajstić information content (AvgIpc) is 3.19. The fourth-order valence-corrected chi connectivity index (χ4v) is 3.47. The number of aromatic nitrogens is 3. The number of nitrogens with two attached hydrogens (primary N) is 1. The lowest BCUT2D eigenvalue weighted by Gasteiger charge is -2.11. The molecule has 0 spiro atoms. The molecule has 1 aromatic carbocycles. The fourth-order valence-electron chi connectivity index (χ4n) is 2.43. The highest BCUT2D eigenvalue weighted by molar-refractivity contribution is 7.13. The Morgan fingerprint density at radius 1 is 1.16 bits per heavy atom. The van der Waals surface area contributed by atoms with Crippen molar-refractivity contribution in [1.82, 2.24) is 20.3 Å². The highest BCUT2D eigenvalue weighted by Gasteiger charge is 2.33. The summed E-state index contributed by atoms with van der Waals surface area (Å²) in [5.41, 5.74) is 4.46. The zero-order valence-electron chi connectivity index (χ0n) is 15.7. The number of hydrogen-bond donors (Lipinski definition) is 3. The van der Waals surface area contributed by atoms with Crippen LogP contribution in [0.25, 0.3) is 0 Å². The van der Waals surface area contributed by atoms with E-state index in [4.69, 9.17) is 17.3 Å². The molecule has 0 radical (unpaired) electrons. The van der Waals surface area contributed by atoms with E-state index >= 15 is 0 Å². The van der Waals surface area contributed by atoms with Crippen LogP contribution < -0.4 is 16.4 Å². The van der Waals surface area contributed by atoms with Crippen LogP contribution in [0, 0.1) is 0 Å². The normalized spacial score (nSPS) is 12.3. The number of amides is 2. The molecule has 2 aromatic heterocycles. The van der Waals surface area contributed by atoms with Crippen LogP contribution in [0.4, 0.5) is 24.7 Å². The van der Waals surface area contributed by atoms with Gasteiger partial charge in [-0.3, -0.25) is 9.59 Å². The number of anilines is 2. The molecule has 13 heteroatoms. The standard InChI is InChI=1S/C18H14ClF3N6O2S/c1-8(27-15(29)12-5-14(23)26-7-25-12)17-24-6-13(31-17)16(30)28-9-2-3-11(19)10(4-9)18(20,21)22/h2-8H,1H3,(H,27,29)(H,28,30)(H2,23,25,26). The molecule has 31 heavy (non-hydrogen) atoms. The lowest BCUT2D eigenvalue weighted by atomic mass is 10.2. The molecule has 2 heterocycles. The van der Waals surface area contributed by atoms with Crippen molar-refractivity contribution < 1.29 is 22.8 Å². The van der Waals surface area contributed by atoms with E-state index in [0.29, 0.717) is 5.01 Å². The molecule has 8 nitrogen and oxygen atoms in total. The number of rotatable bonds is 5. The van der Waals surface area contributed by atoms with Crippen LogP contribution in [-0.4, -0.2) is 26.8 Å². The number of thiazole rings is 1. The first-order valence-corrected chi connectivity index (χ1v) is 9.76. The third kappa shape index (κ3) is 5.47. The Labute approximate surface area is 182 Å². The molecule has 0 saturated carbocycles. The summed E-state index contributed by atoms with van der Waals surface area (Å²) in [7, 11) is 0. The predicted molar refractivity (Wildman–Crippen MR) is 109 cm³/mol. The van der Waals surface area contributed by atoms with E-state index in [9.17, 15) is 22.8 Å². The number of benzene rings is 1. The molecule has 0 aliphatic rings. The summed E-state index contributed by atoms with van der Waals surface area (Å²) in [4.78, 5) is 36.4. The van der Waals surface area contributed by atoms with Gasteiger partial charge in [0.1, 0.15) is 27.7 Å². The van der Waals surface area contributed by atoms with Crippen molar-refractivity contribution >= 4 is 46.3 Å². The lowest BCUT2D eigenvalue weighted by molar-refractivity contribution is -0.137. The van der Waals surface area contributed by atoms with Gasteiger partial charge in [-0.15, -0.1) is 11.3 Å². The molecule has 3 rings (SSSR count). The van der Waals surface area contributed by atoms with Gasteiger partial charge in [-0.1, -0.05) is 11.6 Å². The fraction of sp³-hybridized carbons (Fsp3) is 0.167. The number of carbonyl (C=O) groups is 2. The summed E-state index contributed by atoms with van der Waals surface area (Å²) in [6.07, 6.45) is -2.24. The van der Waals surface area contributed by atoms with Gasteiger partial charge in [0.25, 0.3) is 11.8 Å². The van der Waals surface area contributed by atoms with Crippen LogP contribution in [0.5, 0.6) is 0 Å². The minimum absolute atomic E-state index is 0.0667. The Morgan fingerprint density at radius 2 is 1.90 bits per heavy atom. The van der Waals surface area contributed by atoms with Crippen LogP contribution in [0.1, 0.15) is 43.7 Å². The molecule has 0 bridgehead atoms. The Hall–Kier alpha value is -3.25. The second-order valence-corrected chi connectivity index (χ2v) is 7.70. The minimum atomic E-state index is -4.66. The molecule has 1 atom stereocenters. The second kappa shape index (κ2) is 8.86. The molecule has 0 aliphatic heterocycles. The first-order valence-electron chi connectivity index (χ1n) is 8.57. The Kier molecular flexibility index (Phi) is 6.41. The highest BCUT2D eigenvalue weighted by Crippen LogP contribution is 2.36. The van der Waals surface area contributed by atoms with Crippen molar-refractivity contribution in [1.29, 1.82) is 0 Å². The van der Waals surface area contributed by atoms with Gasteiger partial charge < -0.3 is 16.4 Å². The van der Waals surface area contributed by atoms with E-state index in [0.717, 1.165) is 29.8 Å². The third-order valence-electron chi connectivity index (χ3n) is 3.92. The summed E-state index contributed by atoms with van der Waals surface area (Å²) >= 11 is 6.55. The predicted octanol–water partition coefficient (Wildman–Crippen LogP) is 3.93. The molecule has 0 saturated heterocycles. The van der Waals surface area contributed by atoms with Gasteiger partial charge >= 0.3 is 6.18 Å². The van der Waals surface area contributed by atoms with Crippen molar-refractivity contribution in [3.63, 3.8) is 0 Å². The summed E-state index contributed by atoms with van der Waals surface area (Å²) in [6, 6.07) is 3.80. The van der Waals surface area contributed by atoms with Crippen LogP contribution in [0.3, 0.4) is 0 Å². The van der Waals surface area contributed by atoms with Crippen molar-refractivity contribution in [3.05, 3.63) is 63.0 Å². The van der Waals surface area contributed by atoms with Crippen LogP contribution in [0.15, 0.2) is 36.8 Å². The zero-order chi connectivity index (χ0) is 22.8. The summed E-state index contributed by atoms with van der Waals surface area (Å²) in [5, 5.41) is 4.98. The van der Waals surface area contributed by atoms with Gasteiger partial charge in [0.05, 0.1) is 22.8 Å². The topological polar surface area (TPSA) is 123 Å². The Balaban J connectivity index is 1.69. The number of nitrogens with zero attached hydrogens (tertiary/aromatic N) is 3.